The van der Waals surface area contributed by atoms with Gasteiger partial charge < -0.3 is 10.1 Å². The van der Waals surface area contributed by atoms with Gasteiger partial charge in [-0.1, -0.05) is 30.3 Å². The summed E-state index contributed by atoms with van der Waals surface area (Å²) in [7, 11) is 1.80. The van der Waals surface area contributed by atoms with E-state index in [2.05, 4.69) is 15.8 Å². The predicted octanol–water partition coefficient (Wildman–Crippen LogP) is 5.38. The molecule has 0 radical (unpaired) electrons. The molecule has 1 amide bonds. The number of aliphatic imine (C=N–C) groups is 1. The van der Waals surface area contributed by atoms with Gasteiger partial charge in [-0.3, -0.25) is 9.79 Å². The Bertz CT molecular complexity index is 799. The molecular formula is C21H25IN3O3P. The van der Waals surface area contributed by atoms with Gasteiger partial charge in [0.05, 0.1) is 6.61 Å². The molecule has 0 aliphatic heterocycles. The molecule has 8 heteroatoms. The number of amides is 1. The highest BCUT2D eigenvalue weighted by Gasteiger charge is 2.01. The molecule has 29 heavy (non-hydrogen) atoms. The van der Waals surface area contributed by atoms with Crippen molar-refractivity contribution in [3.05, 3.63) is 66.2 Å². The van der Waals surface area contributed by atoms with E-state index in [1.165, 1.54) is 6.08 Å². The molecular weight excluding hydrogens is 500 g/mol. The third-order valence-corrected chi connectivity index (χ3v) is 4.75. The van der Waals surface area contributed by atoms with Crippen LogP contribution in [-0.4, -0.2) is 25.4 Å². The molecule has 2 N–H and O–H groups in total. The minimum Gasteiger partial charge on any atom is -0.494 e. The van der Waals surface area contributed by atoms with Crippen molar-refractivity contribution in [3.63, 3.8) is 0 Å². The van der Waals surface area contributed by atoms with E-state index in [0.29, 0.717) is 6.61 Å². The van der Waals surface area contributed by atoms with Crippen molar-refractivity contribution in [1.29, 1.82) is 0 Å². The van der Waals surface area contributed by atoms with Gasteiger partial charge in [0.15, 0.2) is 0 Å². The van der Waals surface area contributed by atoms with Crippen LogP contribution in [0.1, 0.15) is 24.8 Å². The molecule has 0 aromatic heterocycles. The maximum Gasteiger partial charge on any atom is 0.267 e. The Morgan fingerprint density at radius 2 is 1.90 bits per heavy atom. The van der Waals surface area contributed by atoms with Crippen LogP contribution in [0.25, 0.3) is 6.08 Å². The van der Waals surface area contributed by atoms with Crippen LogP contribution < -0.4 is 15.5 Å². The van der Waals surface area contributed by atoms with Gasteiger partial charge in [0, 0.05) is 25.2 Å². The van der Waals surface area contributed by atoms with Crippen LogP contribution in [0.2, 0.25) is 0 Å². The number of ether oxygens (including phenoxy) is 1. The highest BCUT2D eigenvalue weighted by Crippen LogP contribution is 2.19. The van der Waals surface area contributed by atoms with E-state index in [4.69, 9.17) is 9.36 Å². The molecule has 0 spiro atoms. The van der Waals surface area contributed by atoms with Crippen LogP contribution in [-0.2, 0) is 9.42 Å². The summed E-state index contributed by atoms with van der Waals surface area (Å²) in [6.07, 6.45) is 5.96. The Morgan fingerprint density at radius 1 is 1.14 bits per heavy atom. The molecule has 0 aliphatic carbocycles. The van der Waals surface area contributed by atoms with E-state index in [0.717, 1.165) is 42.1 Å². The lowest BCUT2D eigenvalue weighted by molar-refractivity contribution is -0.122. The van der Waals surface area contributed by atoms with E-state index >= 15 is 0 Å². The van der Waals surface area contributed by atoms with Crippen molar-refractivity contribution in [1.82, 2.24) is 5.48 Å². The second-order valence-electron chi connectivity index (χ2n) is 6.01. The lowest BCUT2D eigenvalue weighted by atomic mass is 10.2. The largest absolute Gasteiger partial charge is 0.494 e. The zero-order chi connectivity index (χ0) is 20.7. The van der Waals surface area contributed by atoms with Gasteiger partial charge in [0.25, 0.3) is 5.91 Å². The first-order chi connectivity index (χ1) is 14.2. The molecule has 0 heterocycles. The normalized spacial score (nSPS) is 11.9. The van der Waals surface area contributed by atoms with Gasteiger partial charge in [0.1, 0.15) is 18.0 Å². The Hall–Kier alpha value is -1.96. The van der Waals surface area contributed by atoms with Gasteiger partial charge in [-0.2, -0.15) is 0 Å². The van der Waals surface area contributed by atoms with Crippen molar-refractivity contribution in [3.8, 4) is 5.75 Å². The summed E-state index contributed by atoms with van der Waals surface area (Å²) in [5.74, 6) is 1.50. The van der Waals surface area contributed by atoms with E-state index in [9.17, 15) is 4.79 Å². The SMILES string of the molecule is CN=C(CCCCOc1ccc(/C=C/C(=O)NOPI)cc1)Nc1ccccc1. The molecule has 0 bridgehead atoms. The first kappa shape index (κ1) is 23.3. The Kier molecular flexibility index (Phi) is 11.3. The monoisotopic (exact) mass is 525 g/mol. The number of para-hydroxylation sites is 1. The molecule has 1 unspecified atom stereocenters. The Labute approximate surface area is 186 Å². The highest BCUT2D eigenvalue weighted by atomic mass is 127. The standard InChI is InChI=1S/C21H25IN3O3P/c1-23-20(24-18-7-3-2-4-8-18)9-5-6-16-27-19-13-10-17(11-14-19)12-15-21(26)25-28-29-22/h2-4,7-8,10-15,29H,5-6,9,16H2,1H3,(H,23,24)(H,25,26)/b15-12+. The third-order valence-electron chi connectivity index (χ3n) is 3.91. The Balaban J connectivity index is 1.66. The molecule has 2 rings (SSSR count). The van der Waals surface area contributed by atoms with Gasteiger partial charge in [-0.15, -0.1) is 0 Å². The molecule has 154 valence electrons. The number of hydrogen-bond donors (Lipinski definition) is 2. The summed E-state index contributed by atoms with van der Waals surface area (Å²) in [4.78, 5) is 15.8. The summed E-state index contributed by atoms with van der Waals surface area (Å²) in [5, 5.41) is 3.34. The maximum atomic E-state index is 11.5. The number of carbonyl (C=O) groups is 1. The molecule has 0 saturated heterocycles. The fourth-order valence-corrected chi connectivity index (χ4v) is 2.92. The summed E-state index contributed by atoms with van der Waals surface area (Å²) in [5.41, 5.74) is 4.29. The number of nitrogens with zero attached hydrogens (tertiary/aromatic N) is 1. The number of nitrogens with one attached hydrogen (secondary N) is 2. The summed E-state index contributed by atoms with van der Waals surface area (Å²) < 4.78 is 10.6. The average Bonchev–Trinajstić information content (AvgIpc) is 2.76. The van der Waals surface area contributed by atoms with Crippen molar-refractivity contribution >= 4 is 52.0 Å². The van der Waals surface area contributed by atoms with E-state index < -0.39 is 0 Å². The molecule has 6 nitrogen and oxygen atoms in total. The molecule has 2 aromatic carbocycles. The number of anilines is 1. The highest BCUT2D eigenvalue weighted by molar-refractivity contribution is 14.2. The van der Waals surface area contributed by atoms with E-state index in [1.807, 2.05) is 76.6 Å². The van der Waals surface area contributed by atoms with E-state index in [-0.39, 0.29) is 12.4 Å². The van der Waals surface area contributed by atoms with Gasteiger partial charge in [-0.05, 0) is 70.8 Å². The number of benzene rings is 2. The summed E-state index contributed by atoms with van der Waals surface area (Å²) >= 11 is 2.03. The molecule has 1 atom stereocenters. The van der Waals surface area contributed by atoms with Gasteiger partial charge in [-0.25, -0.2) is 10.1 Å². The predicted molar refractivity (Wildman–Crippen MR) is 130 cm³/mol. The number of hydrogen-bond acceptors (Lipinski definition) is 4. The first-order valence-electron chi connectivity index (χ1n) is 9.21. The second kappa shape index (κ2) is 14.1. The second-order valence-corrected chi connectivity index (χ2v) is 7.69. The van der Waals surface area contributed by atoms with Gasteiger partial charge >= 0.3 is 0 Å². The van der Waals surface area contributed by atoms with Crippen molar-refractivity contribution < 1.29 is 14.2 Å². The van der Waals surface area contributed by atoms with Crippen molar-refractivity contribution in [2.75, 3.05) is 19.0 Å². The number of rotatable bonds is 11. The number of amidine groups is 1. The topological polar surface area (TPSA) is 72.0 Å². The van der Waals surface area contributed by atoms with Crippen LogP contribution in [0.15, 0.2) is 65.7 Å². The zero-order valence-corrected chi connectivity index (χ0v) is 19.4. The van der Waals surface area contributed by atoms with Crippen LogP contribution in [0.3, 0.4) is 0 Å². The fraction of sp³-hybridized carbons (Fsp3) is 0.238. The summed E-state index contributed by atoms with van der Waals surface area (Å²) in [6.45, 7) is 0.835. The molecule has 0 fully saturated rings. The zero-order valence-electron chi connectivity index (χ0n) is 16.2. The maximum absolute atomic E-state index is 11.5. The lowest BCUT2D eigenvalue weighted by Crippen LogP contribution is -2.16. The molecule has 0 aliphatic rings. The average molecular weight is 525 g/mol. The van der Waals surface area contributed by atoms with Crippen LogP contribution in [0.5, 0.6) is 5.75 Å². The van der Waals surface area contributed by atoms with Crippen LogP contribution >= 0.6 is 28.5 Å². The van der Waals surface area contributed by atoms with Crippen molar-refractivity contribution in [2.45, 2.75) is 19.3 Å². The minimum absolute atomic E-state index is 0.188. The van der Waals surface area contributed by atoms with Crippen molar-refractivity contribution in [2.24, 2.45) is 4.99 Å². The Morgan fingerprint density at radius 3 is 2.59 bits per heavy atom. The number of carbonyl (C=O) groups excluding carboxylic acids is 1. The number of halogens is 1. The van der Waals surface area contributed by atoms with Crippen LogP contribution in [0.4, 0.5) is 5.69 Å². The lowest BCUT2D eigenvalue weighted by Gasteiger charge is -2.10. The fourth-order valence-electron chi connectivity index (χ4n) is 2.45. The number of unbranched alkanes of at least 4 members (excludes halogenated alkanes) is 1. The molecule has 2 aromatic rings. The minimum atomic E-state index is -0.286. The van der Waals surface area contributed by atoms with E-state index in [1.54, 1.807) is 13.1 Å². The van der Waals surface area contributed by atoms with Gasteiger partial charge in [0.2, 0.25) is 0 Å². The molecule has 0 saturated carbocycles. The third kappa shape index (κ3) is 9.87. The smallest absolute Gasteiger partial charge is 0.267 e. The summed E-state index contributed by atoms with van der Waals surface area (Å²) in [6, 6.07) is 17.7. The number of hydroxylamine groups is 1. The quantitative estimate of drug-likeness (QED) is 0.0787. The first-order valence-corrected chi connectivity index (χ1v) is 13.2. The van der Waals surface area contributed by atoms with Crippen LogP contribution in [0, 0.1) is 0 Å².